The summed E-state index contributed by atoms with van der Waals surface area (Å²) in [6, 6.07) is 12.9. The molecule has 3 aromatic rings. The average molecular weight is 421 g/mol. The van der Waals surface area contributed by atoms with Gasteiger partial charge in [0.25, 0.3) is 5.56 Å². The zero-order chi connectivity index (χ0) is 22.6. The second kappa shape index (κ2) is 12.2. The predicted molar refractivity (Wildman–Crippen MR) is 121 cm³/mol. The minimum absolute atomic E-state index is 0.111. The van der Waals surface area contributed by atoms with E-state index in [4.69, 9.17) is 9.47 Å². The molecular weight excluding hydrogens is 392 g/mol. The van der Waals surface area contributed by atoms with Crippen molar-refractivity contribution in [3.8, 4) is 24.3 Å². The summed E-state index contributed by atoms with van der Waals surface area (Å²) in [5.41, 5.74) is 1.74. The molecule has 0 fully saturated rings. The third-order valence-corrected chi connectivity index (χ3v) is 4.37. The summed E-state index contributed by atoms with van der Waals surface area (Å²) < 4.78 is 13.1. The molecule has 0 aliphatic rings. The van der Waals surface area contributed by atoms with Gasteiger partial charge < -0.3 is 18.9 Å². The Morgan fingerprint density at radius 1 is 1.00 bits per heavy atom. The van der Waals surface area contributed by atoms with Crippen molar-refractivity contribution in [2.24, 2.45) is 0 Å². The highest BCUT2D eigenvalue weighted by Gasteiger charge is 2.07. The molecule has 3 rings (SSSR count). The number of nitrogens with zero attached hydrogens (tertiary/aromatic N) is 4. The standard InChI is InChI=1S/C22H26N4O3.C2H2/c1-17-13-20(29-16-21-23-9-4-10-24-21)14-22(27)26(17)15-18-5-7-19(8-6-18)28-12-11-25(2)3;1-2/h4-10,13-14H,11-12,15-16H2,1-3H3;1-2H. The van der Waals surface area contributed by atoms with Crippen molar-refractivity contribution in [3.63, 3.8) is 0 Å². The van der Waals surface area contributed by atoms with Crippen molar-refractivity contribution in [1.82, 2.24) is 19.4 Å². The first kappa shape index (κ1) is 23.6. The molecule has 0 bridgehead atoms. The first-order valence-corrected chi connectivity index (χ1v) is 9.81. The average Bonchev–Trinajstić information content (AvgIpc) is 2.78. The van der Waals surface area contributed by atoms with E-state index >= 15 is 0 Å². The van der Waals surface area contributed by atoms with Gasteiger partial charge in [-0.3, -0.25) is 4.79 Å². The van der Waals surface area contributed by atoms with Crippen molar-refractivity contribution in [2.45, 2.75) is 20.1 Å². The fourth-order valence-electron chi connectivity index (χ4n) is 2.76. The number of hydrogen-bond donors (Lipinski definition) is 0. The van der Waals surface area contributed by atoms with E-state index in [1.54, 1.807) is 23.0 Å². The van der Waals surface area contributed by atoms with Crippen LogP contribution in [0.3, 0.4) is 0 Å². The van der Waals surface area contributed by atoms with Gasteiger partial charge in [-0.15, -0.1) is 12.8 Å². The summed E-state index contributed by atoms with van der Waals surface area (Å²) in [7, 11) is 4.02. The molecule has 0 aliphatic carbocycles. The van der Waals surface area contributed by atoms with Crippen LogP contribution in [0, 0.1) is 19.8 Å². The number of likely N-dealkylation sites (N-methyl/N-ethyl adjacent to an activating group) is 1. The van der Waals surface area contributed by atoms with Crippen molar-refractivity contribution < 1.29 is 9.47 Å². The highest BCUT2D eigenvalue weighted by Crippen LogP contribution is 2.15. The predicted octanol–water partition coefficient (Wildman–Crippen LogP) is 2.76. The number of benzene rings is 1. The van der Waals surface area contributed by atoms with Gasteiger partial charge >= 0.3 is 0 Å². The van der Waals surface area contributed by atoms with E-state index in [0.717, 1.165) is 23.6 Å². The van der Waals surface area contributed by atoms with Crippen LogP contribution >= 0.6 is 0 Å². The Morgan fingerprint density at radius 3 is 2.29 bits per heavy atom. The molecule has 31 heavy (non-hydrogen) atoms. The van der Waals surface area contributed by atoms with Gasteiger partial charge in [-0.05, 0) is 50.8 Å². The maximum absolute atomic E-state index is 12.6. The van der Waals surface area contributed by atoms with Crippen molar-refractivity contribution in [3.05, 3.63) is 82.3 Å². The number of terminal acetylenes is 1. The first-order chi connectivity index (χ1) is 15.0. The minimum atomic E-state index is -0.111. The summed E-state index contributed by atoms with van der Waals surface area (Å²) in [6.07, 6.45) is 11.3. The van der Waals surface area contributed by atoms with Crippen molar-refractivity contribution in [1.29, 1.82) is 0 Å². The summed E-state index contributed by atoms with van der Waals surface area (Å²) in [5, 5.41) is 0. The summed E-state index contributed by atoms with van der Waals surface area (Å²) in [4.78, 5) is 22.9. The smallest absolute Gasteiger partial charge is 0.254 e. The largest absolute Gasteiger partial charge is 0.492 e. The topological polar surface area (TPSA) is 69.5 Å². The molecule has 1 aromatic carbocycles. The number of aromatic nitrogens is 3. The molecule has 162 valence electrons. The molecule has 2 heterocycles. The third-order valence-electron chi connectivity index (χ3n) is 4.37. The molecule has 0 saturated heterocycles. The lowest BCUT2D eigenvalue weighted by molar-refractivity contribution is 0.261. The Balaban J connectivity index is 0.00000166. The Bertz CT molecular complexity index is 1010. The van der Waals surface area contributed by atoms with Crippen molar-refractivity contribution in [2.75, 3.05) is 27.2 Å². The molecule has 0 saturated carbocycles. The molecule has 0 amide bonds. The molecule has 0 atom stereocenters. The number of rotatable bonds is 9. The molecule has 0 spiro atoms. The van der Waals surface area contributed by atoms with Crippen molar-refractivity contribution >= 4 is 0 Å². The second-order valence-corrected chi connectivity index (χ2v) is 7.01. The lowest BCUT2D eigenvalue weighted by Gasteiger charge is -2.13. The molecule has 7 nitrogen and oxygen atoms in total. The van der Waals surface area contributed by atoms with Crippen LogP contribution in [0.15, 0.2) is 59.7 Å². The second-order valence-electron chi connectivity index (χ2n) is 7.01. The van der Waals surface area contributed by atoms with Crippen LogP contribution in [0.1, 0.15) is 17.1 Å². The van der Waals surface area contributed by atoms with Gasteiger partial charge in [0.1, 0.15) is 24.7 Å². The fraction of sp³-hybridized carbons (Fsp3) is 0.292. The Morgan fingerprint density at radius 2 is 1.68 bits per heavy atom. The lowest BCUT2D eigenvalue weighted by atomic mass is 10.2. The number of pyridine rings is 1. The van der Waals surface area contributed by atoms with E-state index in [9.17, 15) is 4.79 Å². The Kier molecular flexibility index (Phi) is 9.27. The SMILES string of the molecule is C#C.Cc1cc(OCc2ncccn2)cc(=O)n1Cc1ccc(OCCN(C)C)cc1. The maximum atomic E-state index is 12.6. The van der Waals surface area contributed by atoms with Crippen LogP contribution in [0.2, 0.25) is 0 Å². The summed E-state index contributed by atoms with van der Waals surface area (Å²) in [6.45, 7) is 4.11. The maximum Gasteiger partial charge on any atom is 0.254 e. The van der Waals surface area contributed by atoms with E-state index in [-0.39, 0.29) is 12.2 Å². The van der Waals surface area contributed by atoms with E-state index in [1.165, 1.54) is 6.07 Å². The van der Waals surface area contributed by atoms with Gasteiger partial charge in [-0.1, -0.05) is 12.1 Å². The van der Waals surface area contributed by atoms with E-state index < -0.39 is 0 Å². The molecule has 0 N–H and O–H groups in total. The number of hydrogen-bond acceptors (Lipinski definition) is 6. The molecule has 7 heteroatoms. The van der Waals surface area contributed by atoms with Gasteiger partial charge in [-0.2, -0.15) is 0 Å². The monoisotopic (exact) mass is 420 g/mol. The highest BCUT2D eigenvalue weighted by atomic mass is 16.5. The molecule has 0 unspecified atom stereocenters. The summed E-state index contributed by atoms with van der Waals surface area (Å²) >= 11 is 0. The highest BCUT2D eigenvalue weighted by molar-refractivity contribution is 5.29. The molecule has 2 aromatic heterocycles. The van der Waals surface area contributed by atoms with Gasteiger partial charge in [0.2, 0.25) is 0 Å². The number of aryl methyl sites for hydroxylation is 1. The molecular formula is C24H28N4O3. The van der Waals surface area contributed by atoms with E-state index in [1.807, 2.05) is 51.4 Å². The summed E-state index contributed by atoms with van der Waals surface area (Å²) in [5.74, 6) is 1.91. The minimum Gasteiger partial charge on any atom is -0.492 e. The Labute approximate surface area is 183 Å². The van der Waals surface area contributed by atoms with E-state index in [0.29, 0.717) is 24.7 Å². The zero-order valence-corrected chi connectivity index (χ0v) is 18.2. The third kappa shape index (κ3) is 7.61. The van der Waals surface area contributed by atoms with Crippen LogP contribution in [-0.4, -0.2) is 46.7 Å². The van der Waals surface area contributed by atoms with Gasteiger partial charge in [0.15, 0.2) is 5.82 Å². The first-order valence-electron chi connectivity index (χ1n) is 9.81. The molecule has 0 radical (unpaired) electrons. The van der Waals surface area contributed by atoms with Gasteiger partial charge in [-0.25, -0.2) is 9.97 Å². The van der Waals surface area contributed by atoms with Crippen LogP contribution in [0.4, 0.5) is 0 Å². The Hall–Kier alpha value is -3.63. The lowest BCUT2D eigenvalue weighted by Crippen LogP contribution is -2.22. The quantitative estimate of drug-likeness (QED) is 0.496. The van der Waals surface area contributed by atoms with Crippen LogP contribution in [0.5, 0.6) is 11.5 Å². The van der Waals surface area contributed by atoms with Crippen LogP contribution in [-0.2, 0) is 13.2 Å². The van der Waals surface area contributed by atoms with E-state index in [2.05, 4.69) is 27.7 Å². The fourth-order valence-corrected chi connectivity index (χ4v) is 2.76. The van der Waals surface area contributed by atoms with Crippen LogP contribution in [0.25, 0.3) is 0 Å². The molecule has 0 aliphatic heterocycles. The number of ether oxygens (including phenoxy) is 2. The zero-order valence-electron chi connectivity index (χ0n) is 18.2. The van der Waals surface area contributed by atoms with Crippen LogP contribution < -0.4 is 15.0 Å². The normalized spacial score (nSPS) is 10.3. The van der Waals surface area contributed by atoms with Gasteiger partial charge in [0, 0.05) is 30.7 Å². The van der Waals surface area contributed by atoms with Gasteiger partial charge in [0.05, 0.1) is 6.54 Å².